The molecule has 2 rings (SSSR count). The molecule has 1 amide bonds. The Hall–Kier alpha value is -1.59. The average Bonchev–Trinajstić information content (AvgIpc) is 2.98. The van der Waals surface area contributed by atoms with Crippen LogP contribution in [0, 0.1) is 6.92 Å². The fourth-order valence-electron chi connectivity index (χ4n) is 2.66. The van der Waals surface area contributed by atoms with Crippen LogP contribution in [0.5, 0.6) is 5.75 Å². The van der Waals surface area contributed by atoms with Gasteiger partial charge in [-0.2, -0.15) is 0 Å². The Morgan fingerprint density at radius 1 is 1.52 bits per heavy atom. The summed E-state index contributed by atoms with van der Waals surface area (Å²) in [4.78, 5) is 14.5. The molecule has 0 aliphatic carbocycles. The maximum atomic E-state index is 12.7. The number of ether oxygens (including phenoxy) is 1. The lowest BCUT2D eigenvalue weighted by atomic mass is 10.1. The number of carbonyl (C=O) groups excluding carboxylic acids is 1. The lowest BCUT2D eigenvalue weighted by Gasteiger charge is -2.26. The highest BCUT2D eigenvalue weighted by Gasteiger charge is 2.24. The Labute approximate surface area is 125 Å². The molecule has 5 nitrogen and oxygen atoms in total. The number of benzene rings is 1. The summed E-state index contributed by atoms with van der Waals surface area (Å²) in [5.41, 5.74) is 1.08. The number of methoxy groups -OCH3 is 1. The molecule has 0 aromatic heterocycles. The fraction of sp³-hybridized carbons (Fsp3) is 0.562. The smallest absolute Gasteiger partial charge is 0.257 e. The Balaban J connectivity index is 2.13. The number of phenols is 1. The Morgan fingerprint density at radius 3 is 3.00 bits per heavy atom. The average molecular weight is 292 g/mol. The van der Waals surface area contributed by atoms with Crippen molar-refractivity contribution in [2.45, 2.75) is 25.8 Å². The van der Waals surface area contributed by atoms with Crippen LogP contribution in [0.15, 0.2) is 18.2 Å². The van der Waals surface area contributed by atoms with E-state index in [2.05, 4.69) is 5.32 Å². The minimum atomic E-state index is -0.137. The van der Waals surface area contributed by atoms with Crippen LogP contribution in [-0.2, 0) is 4.74 Å². The zero-order valence-corrected chi connectivity index (χ0v) is 12.8. The summed E-state index contributed by atoms with van der Waals surface area (Å²) in [5, 5.41) is 13.5. The van der Waals surface area contributed by atoms with Gasteiger partial charge in [0.05, 0.1) is 12.2 Å². The van der Waals surface area contributed by atoms with Crippen molar-refractivity contribution in [2.75, 3.05) is 33.4 Å². The van der Waals surface area contributed by atoms with E-state index >= 15 is 0 Å². The van der Waals surface area contributed by atoms with Gasteiger partial charge in [-0.1, -0.05) is 12.1 Å². The maximum Gasteiger partial charge on any atom is 0.257 e. The molecule has 2 N–H and O–H groups in total. The SMILES string of the molecule is COCCN(CC1CCCN1)C(=O)c1cccc(C)c1O. The molecule has 1 heterocycles. The van der Waals surface area contributed by atoms with Gasteiger partial charge in [0.2, 0.25) is 0 Å². The van der Waals surface area contributed by atoms with Crippen LogP contribution in [0.1, 0.15) is 28.8 Å². The van der Waals surface area contributed by atoms with Crippen molar-refractivity contribution >= 4 is 5.91 Å². The third-order valence-electron chi connectivity index (χ3n) is 3.92. The number of amides is 1. The molecule has 1 unspecified atom stereocenters. The molecule has 1 saturated heterocycles. The van der Waals surface area contributed by atoms with E-state index in [1.54, 1.807) is 37.1 Å². The summed E-state index contributed by atoms with van der Waals surface area (Å²) in [6.07, 6.45) is 2.23. The van der Waals surface area contributed by atoms with E-state index in [4.69, 9.17) is 4.74 Å². The molecule has 1 aromatic rings. The second kappa shape index (κ2) is 7.43. The van der Waals surface area contributed by atoms with Crippen molar-refractivity contribution in [3.05, 3.63) is 29.3 Å². The molecule has 0 saturated carbocycles. The number of phenolic OH excluding ortho intramolecular Hbond substituents is 1. The molecule has 1 aliphatic heterocycles. The highest BCUT2D eigenvalue weighted by atomic mass is 16.5. The molecule has 1 aliphatic rings. The number of carbonyl (C=O) groups is 1. The van der Waals surface area contributed by atoms with Crippen LogP contribution < -0.4 is 5.32 Å². The molecule has 5 heteroatoms. The summed E-state index contributed by atoms with van der Waals surface area (Å²) >= 11 is 0. The predicted octanol–water partition coefficient (Wildman–Crippen LogP) is 1.54. The first-order chi connectivity index (χ1) is 10.1. The van der Waals surface area contributed by atoms with E-state index < -0.39 is 0 Å². The number of aryl methyl sites for hydroxylation is 1. The van der Waals surface area contributed by atoms with E-state index in [-0.39, 0.29) is 11.7 Å². The monoisotopic (exact) mass is 292 g/mol. The lowest BCUT2D eigenvalue weighted by molar-refractivity contribution is 0.0676. The van der Waals surface area contributed by atoms with Crippen LogP contribution >= 0.6 is 0 Å². The maximum absolute atomic E-state index is 12.7. The van der Waals surface area contributed by atoms with Gasteiger partial charge in [-0.15, -0.1) is 0 Å². The number of rotatable bonds is 6. The molecular weight excluding hydrogens is 268 g/mol. The van der Waals surface area contributed by atoms with Crippen LogP contribution in [0.4, 0.5) is 0 Å². The van der Waals surface area contributed by atoms with Gasteiger partial charge >= 0.3 is 0 Å². The molecule has 1 aromatic carbocycles. The Morgan fingerprint density at radius 2 is 2.33 bits per heavy atom. The normalized spacial score (nSPS) is 17.9. The largest absolute Gasteiger partial charge is 0.507 e. The molecule has 116 valence electrons. The second-order valence-corrected chi connectivity index (χ2v) is 5.51. The number of hydrogen-bond donors (Lipinski definition) is 2. The molecule has 0 radical (unpaired) electrons. The van der Waals surface area contributed by atoms with Gasteiger partial charge in [-0.05, 0) is 37.9 Å². The van der Waals surface area contributed by atoms with Gasteiger partial charge in [0.1, 0.15) is 5.75 Å². The van der Waals surface area contributed by atoms with Gasteiger partial charge in [0.15, 0.2) is 0 Å². The first-order valence-corrected chi connectivity index (χ1v) is 7.43. The van der Waals surface area contributed by atoms with Crippen LogP contribution in [0.3, 0.4) is 0 Å². The van der Waals surface area contributed by atoms with E-state index in [0.717, 1.165) is 19.4 Å². The standard InChI is InChI=1S/C16H24N2O3/c1-12-5-3-7-14(15(12)19)16(20)18(9-10-21-2)11-13-6-4-8-17-13/h3,5,7,13,17,19H,4,6,8-11H2,1-2H3. The molecule has 0 bridgehead atoms. The van der Waals surface area contributed by atoms with Gasteiger partial charge in [-0.25, -0.2) is 0 Å². The summed E-state index contributed by atoms with van der Waals surface area (Å²) < 4.78 is 5.10. The fourth-order valence-corrected chi connectivity index (χ4v) is 2.66. The first-order valence-electron chi connectivity index (χ1n) is 7.43. The zero-order chi connectivity index (χ0) is 15.2. The van der Waals surface area contributed by atoms with Crippen molar-refractivity contribution in [3.8, 4) is 5.75 Å². The van der Waals surface area contributed by atoms with Gasteiger partial charge in [0.25, 0.3) is 5.91 Å². The van der Waals surface area contributed by atoms with E-state index in [0.29, 0.717) is 36.9 Å². The topological polar surface area (TPSA) is 61.8 Å². The third-order valence-corrected chi connectivity index (χ3v) is 3.92. The highest BCUT2D eigenvalue weighted by Crippen LogP contribution is 2.23. The minimum absolute atomic E-state index is 0.0734. The molecule has 0 spiro atoms. The summed E-state index contributed by atoms with van der Waals surface area (Å²) in [5.74, 6) is -0.0637. The van der Waals surface area contributed by atoms with Crippen LogP contribution in [0.25, 0.3) is 0 Å². The lowest BCUT2D eigenvalue weighted by Crippen LogP contribution is -2.42. The van der Waals surface area contributed by atoms with Gasteiger partial charge in [-0.3, -0.25) is 4.79 Å². The van der Waals surface area contributed by atoms with Crippen molar-refractivity contribution in [3.63, 3.8) is 0 Å². The number of para-hydroxylation sites is 1. The quantitative estimate of drug-likeness (QED) is 0.835. The zero-order valence-electron chi connectivity index (χ0n) is 12.8. The van der Waals surface area contributed by atoms with Crippen LogP contribution in [0.2, 0.25) is 0 Å². The molecular formula is C16H24N2O3. The number of nitrogens with one attached hydrogen (secondary N) is 1. The van der Waals surface area contributed by atoms with Crippen molar-refractivity contribution in [1.82, 2.24) is 10.2 Å². The minimum Gasteiger partial charge on any atom is -0.507 e. The highest BCUT2D eigenvalue weighted by molar-refractivity contribution is 5.97. The van der Waals surface area contributed by atoms with Gasteiger partial charge in [0, 0.05) is 26.2 Å². The molecule has 1 fully saturated rings. The number of nitrogens with zero attached hydrogens (tertiary/aromatic N) is 1. The summed E-state index contributed by atoms with van der Waals surface area (Å²) in [7, 11) is 1.63. The van der Waals surface area contributed by atoms with E-state index in [9.17, 15) is 9.90 Å². The van der Waals surface area contributed by atoms with E-state index in [1.165, 1.54) is 0 Å². The Bertz CT molecular complexity index is 484. The van der Waals surface area contributed by atoms with Crippen molar-refractivity contribution in [1.29, 1.82) is 0 Å². The van der Waals surface area contributed by atoms with Gasteiger partial charge < -0.3 is 20.1 Å². The number of aromatic hydroxyl groups is 1. The predicted molar refractivity (Wildman–Crippen MR) is 81.6 cm³/mol. The summed E-state index contributed by atoms with van der Waals surface area (Å²) in [6.45, 7) is 4.47. The van der Waals surface area contributed by atoms with E-state index in [1.807, 2.05) is 0 Å². The second-order valence-electron chi connectivity index (χ2n) is 5.51. The molecule has 21 heavy (non-hydrogen) atoms. The van der Waals surface area contributed by atoms with Crippen molar-refractivity contribution in [2.24, 2.45) is 0 Å². The first kappa shape index (κ1) is 15.8. The third kappa shape index (κ3) is 3.95. The molecule has 1 atom stereocenters. The van der Waals surface area contributed by atoms with Crippen molar-refractivity contribution < 1.29 is 14.6 Å². The summed E-state index contributed by atoms with van der Waals surface area (Å²) in [6, 6.07) is 5.60. The Kier molecular flexibility index (Phi) is 5.59. The van der Waals surface area contributed by atoms with Crippen LogP contribution in [-0.4, -0.2) is 55.3 Å². The number of hydrogen-bond acceptors (Lipinski definition) is 4.